The highest BCUT2D eigenvalue weighted by Crippen LogP contribution is 2.37. The molecule has 1 N–H and O–H groups in total. The molecule has 23 heavy (non-hydrogen) atoms. The number of halogens is 3. The Hall–Kier alpha value is -1.61. The summed E-state index contributed by atoms with van der Waals surface area (Å²) in [6, 6.07) is 1.59. The SMILES string of the molecule is CN(C)CCn1ccc(NC(=O)[C@@H]2CN(C)C[C@H]2C(F)(F)F)n1. The summed E-state index contributed by atoms with van der Waals surface area (Å²) < 4.78 is 40.7. The molecule has 0 aliphatic carbocycles. The molecule has 2 heterocycles. The van der Waals surface area contributed by atoms with Gasteiger partial charge in [0.25, 0.3) is 0 Å². The number of likely N-dealkylation sites (N-methyl/N-ethyl adjacent to an activating group) is 1. The zero-order valence-corrected chi connectivity index (χ0v) is 13.5. The summed E-state index contributed by atoms with van der Waals surface area (Å²) in [5.74, 6) is -3.09. The van der Waals surface area contributed by atoms with E-state index in [0.717, 1.165) is 6.54 Å². The van der Waals surface area contributed by atoms with E-state index in [2.05, 4.69) is 10.4 Å². The molecule has 1 aliphatic heterocycles. The molecule has 9 heteroatoms. The Morgan fingerprint density at radius 3 is 2.74 bits per heavy atom. The van der Waals surface area contributed by atoms with E-state index in [1.807, 2.05) is 19.0 Å². The number of nitrogens with one attached hydrogen (secondary N) is 1. The molecule has 1 saturated heterocycles. The quantitative estimate of drug-likeness (QED) is 0.877. The van der Waals surface area contributed by atoms with Crippen molar-refractivity contribution in [1.29, 1.82) is 0 Å². The summed E-state index contributed by atoms with van der Waals surface area (Å²) in [6.07, 6.45) is -2.68. The minimum atomic E-state index is -4.38. The highest BCUT2D eigenvalue weighted by Gasteiger charge is 2.51. The molecule has 0 bridgehead atoms. The number of hydrogen-bond acceptors (Lipinski definition) is 4. The van der Waals surface area contributed by atoms with Crippen LogP contribution in [0.25, 0.3) is 0 Å². The number of nitrogens with zero attached hydrogens (tertiary/aromatic N) is 4. The van der Waals surface area contributed by atoms with Gasteiger partial charge >= 0.3 is 6.18 Å². The number of carbonyl (C=O) groups excluding carboxylic acids is 1. The largest absolute Gasteiger partial charge is 0.393 e. The average Bonchev–Trinajstić information content (AvgIpc) is 3.02. The minimum absolute atomic E-state index is 0.0946. The van der Waals surface area contributed by atoms with Crippen molar-refractivity contribution in [3.63, 3.8) is 0 Å². The summed E-state index contributed by atoms with van der Waals surface area (Å²) in [5.41, 5.74) is 0. The van der Waals surface area contributed by atoms with Gasteiger partial charge in [0.1, 0.15) is 0 Å². The summed E-state index contributed by atoms with van der Waals surface area (Å²) in [6.45, 7) is 1.36. The van der Waals surface area contributed by atoms with Crippen LogP contribution in [0, 0.1) is 11.8 Å². The van der Waals surface area contributed by atoms with Gasteiger partial charge in [-0.1, -0.05) is 0 Å². The van der Waals surface area contributed by atoms with Crippen LogP contribution in [0.2, 0.25) is 0 Å². The minimum Gasteiger partial charge on any atom is -0.309 e. The lowest BCUT2D eigenvalue weighted by atomic mass is 9.94. The van der Waals surface area contributed by atoms with Crippen LogP contribution in [0.3, 0.4) is 0 Å². The van der Waals surface area contributed by atoms with Gasteiger partial charge in [-0.15, -0.1) is 0 Å². The Labute approximate surface area is 133 Å². The number of aromatic nitrogens is 2. The first kappa shape index (κ1) is 17.7. The van der Waals surface area contributed by atoms with Crippen molar-refractivity contribution in [3.8, 4) is 0 Å². The molecule has 1 aromatic rings. The topological polar surface area (TPSA) is 53.4 Å². The maximum atomic E-state index is 13.0. The second kappa shape index (κ2) is 6.88. The molecular weight excluding hydrogens is 311 g/mol. The lowest BCUT2D eigenvalue weighted by molar-refractivity contribution is -0.182. The molecule has 6 nitrogen and oxygen atoms in total. The molecule has 1 aromatic heterocycles. The van der Waals surface area contributed by atoms with Crippen molar-refractivity contribution in [2.45, 2.75) is 12.7 Å². The molecule has 1 amide bonds. The fourth-order valence-corrected chi connectivity index (χ4v) is 2.67. The Morgan fingerprint density at radius 2 is 2.13 bits per heavy atom. The number of rotatable bonds is 5. The van der Waals surface area contributed by atoms with Crippen molar-refractivity contribution >= 4 is 11.7 Å². The summed E-state index contributed by atoms with van der Waals surface area (Å²) in [5, 5.41) is 6.67. The first-order valence-electron chi connectivity index (χ1n) is 7.41. The van der Waals surface area contributed by atoms with Crippen molar-refractivity contribution in [2.75, 3.05) is 46.1 Å². The van der Waals surface area contributed by atoms with E-state index in [9.17, 15) is 18.0 Å². The monoisotopic (exact) mass is 333 g/mol. The molecule has 0 spiro atoms. The van der Waals surface area contributed by atoms with E-state index in [-0.39, 0.29) is 18.9 Å². The highest BCUT2D eigenvalue weighted by atomic mass is 19.4. The molecule has 130 valence electrons. The van der Waals surface area contributed by atoms with Crippen LogP contribution in [0.15, 0.2) is 12.3 Å². The maximum absolute atomic E-state index is 13.0. The normalized spacial score (nSPS) is 22.7. The number of anilines is 1. The number of alkyl halides is 3. The Balaban J connectivity index is 1.98. The van der Waals surface area contributed by atoms with Gasteiger partial charge in [0.15, 0.2) is 5.82 Å². The summed E-state index contributed by atoms with van der Waals surface area (Å²) in [7, 11) is 5.45. The molecule has 1 fully saturated rings. The molecule has 2 rings (SSSR count). The zero-order valence-electron chi connectivity index (χ0n) is 13.5. The molecule has 1 aliphatic rings. The third-order valence-corrected chi connectivity index (χ3v) is 3.93. The first-order chi connectivity index (χ1) is 10.7. The number of likely N-dealkylation sites (tertiary alicyclic amines) is 1. The predicted molar refractivity (Wildman–Crippen MR) is 79.9 cm³/mol. The van der Waals surface area contributed by atoms with E-state index in [4.69, 9.17) is 0 Å². The first-order valence-corrected chi connectivity index (χ1v) is 7.41. The van der Waals surface area contributed by atoms with Gasteiger partial charge in [-0.3, -0.25) is 9.48 Å². The Kier molecular flexibility index (Phi) is 5.30. The lowest BCUT2D eigenvalue weighted by Gasteiger charge is -2.20. The van der Waals surface area contributed by atoms with Gasteiger partial charge < -0.3 is 15.1 Å². The Bertz CT molecular complexity index is 543. The van der Waals surface area contributed by atoms with Gasteiger partial charge in [-0.25, -0.2) is 0 Å². The van der Waals surface area contributed by atoms with Crippen LogP contribution in [0.5, 0.6) is 0 Å². The van der Waals surface area contributed by atoms with Gasteiger partial charge in [-0.2, -0.15) is 18.3 Å². The Morgan fingerprint density at radius 1 is 1.43 bits per heavy atom. The van der Waals surface area contributed by atoms with E-state index < -0.39 is 23.9 Å². The third-order valence-electron chi connectivity index (χ3n) is 3.93. The van der Waals surface area contributed by atoms with Crippen molar-refractivity contribution in [1.82, 2.24) is 19.6 Å². The lowest BCUT2D eigenvalue weighted by Crippen LogP contribution is -2.36. The standard InChI is InChI=1S/C14H22F3N5O/c1-20(2)6-7-22-5-4-12(19-22)18-13(23)10-8-21(3)9-11(10)14(15,16)17/h4-5,10-11H,6-9H2,1-3H3,(H,18,19,23)/t10-,11-/m1/s1. The van der Waals surface area contributed by atoms with E-state index >= 15 is 0 Å². The van der Waals surface area contributed by atoms with E-state index in [1.54, 1.807) is 24.0 Å². The summed E-state index contributed by atoms with van der Waals surface area (Å²) in [4.78, 5) is 15.7. The number of amides is 1. The predicted octanol–water partition coefficient (Wildman–Crippen LogP) is 1.12. The molecule has 0 aromatic carbocycles. The van der Waals surface area contributed by atoms with Crippen molar-refractivity contribution in [2.24, 2.45) is 11.8 Å². The van der Waals surface area contributed by atoms with Gasteiger partial charge in [0, 0.05) is 31.9 Å². The fraction of sp³-hybridized carbons (Fsp3) is 0.714. The van der Waals surface area contributed by atoms with Crippen LogP contribution in [-0.2, 0) is 11.3 Å². The van der Waals surface area contributed by atoms with Crippen LogP contribution >= 0.6 is 0 Å². The molecule has 2 atom stereocenters. The van der Waals surface area contributed by atoms with Crippen molar-refractivity contribution in [3.05, 3.63) is 12.3 Å². The van der Waals surface area contributed by atoms with Crippen LogP contribution < -0.4 is 5.32 Å². The second-order valence-electron chi connectivity index (χ2n) is 6.23. The molecule has 0 unspecified atom stereocenters. The highest BCUT2D eigenvalue weighted by molar-refractivity contribution is 5.92. The van der Waals surface area contributed by atoms with Gasteiger partial charge in [0.2, 0.25) is 5.91 Å². The molecule has 0 radical (unpaired) electrons. The maximum Gasteiger partial charge on any atom is 0.393 e. The number of carbonyl (C=O) groups is 1. The third kappa shape index (κ3) is 4.68. The molecule has 0 saturated carbocycles. The van der Waals surface area contributed by atoms with Gasteiger partial charge in [0.05, 0.1) is 18.4 Å². The van der Waals surface area contributed by atoms with Crippen molar-refractivity contribution < 1.29 is 18.0 Å². The summed E-state index contributed by atoms with van der Waals surface area (Å²) >= 11 is 0. The van der Waals surface area contributed by atoms with Crippen LogP contribution in [-0.4, -0.2) is 72.4 Å². The smallest absolute Gasteiger partial charge is 0.309 e. The van der Waals surface area contributed by atoms with E-state index in [0.29, 0.717) is 6.54 Å². The fourth-order valence-electron chi connectivity index (χ4n) is 2.67. The number of hydrogen-bond donors (Lipinski definition) is 1. The second-order valence-corrected chi connectivity index (χ2v) is 6.23. The van der Waals surface area contributed by atoms with Crippen LogP contribution in [0.1, 0.15) is 0 Å². The van der Waals surface area contributed by atoms with E-state index in [1.165, 1.54) is 4.90 Å². The zero-order chi connectivity index (χ0) is 17.2. The molecular formula is C14H22F3N5O. The van der Waals surface area contributed by atoms with Crippen LogP contribution in [0.4, 0.5) is 19.0 Å². The van der Waals surface area contributed by atoms with Gasteiger partial charge in [-0.05, 0) is 21.1 Å². The average molecular weight is 333 g/mol.